The normalized spacial score (nSPS) is 26.2. The van der Waals surface area contributed by atoms with Gasteiger partial charge >= 0.3 is 0 Å². The van der Waals surface area contributed by atoms with Crippen LogP contribution in [0.5, 0.6) is 0 Å². The van der Waals surface area contributed by atoms with E-state index in [1.807, 2.05) is 6.92 Å². The molecule has 29 heavy (non-hydrogen) atoms. The molecule has 0 saturated carbocycles. The Kier molecular flexibility index (Phi) is 6.09. The molecule has 0 unspecified atom stereocenters. The highest BCUT2D eigenvalue weighted by Gasteiger charge is 2.53. The number of piperidine rings is 1. The zero-order valence-corrected chi connectivity index (χ0v) is 17.6. The topological polar surface area (TPSA) is 108 Å². The molecular formula is C20H31N5O4. The van der Waals surface area contributed by atoms with Gasteiger partial charge in [-0.2, -0.15) is 0 Å². The van der Waals surface area contributed by atoms with Gasteiger partial charge < -0.3 is 25.0 Å². The molecule has 9 nitrogen and oxygen atoms in total. The van der Waals surface area contributed by atoms with Gasteiger partial charge in [0.15, 0.2) is 0 Å². The number of hydrogen-bond donors (Lipinski definition) is 2. The fourth-order valence-corrected chi connectivity index (χ4v) is 4.17. The van der Waals surface area contributed by atoms with E-state index < -0.39 is 17.2 Å². The second-order valence-corrected chi connectivity index (χ2v) is 8.33. The van der Waals surface area contributed by atoms with Crippen LogP contribution < -0.4 is 10.2 Å². The summed E-state index contributed by atoms with van der Waals surface area (Å²) in [5.74, 6) is 0.375. The zero-order chi connectivity index (χ0) is 21.2. The van der Waals surface area contributed by atoms with Gasteiger partial charge in [0, 0.05) is 40.2 Å². The van der Waals surface area contributed by atoms with Crippen molar-refractivity contribution in [2.45, 2.75) is 56.8 Å². The van der Waals surface area contributed by atoms with Crippen molar-refractivity contribution >= 4 is 17.6 Å². The van der Waals surface area contributed by atoms with Crippen molar-refractivity contribution < 1.29 is 19.4 Å². The molecule has 9 heteroatoms. The Morgan fingerprint density at radius 1 is 1.31 bits per heavy atom. The van der Waals surface area contributed by atoms with Crippen LogP contribution in [0.25, 0.3) is 0 Å². The highest BCUT2D eigenvalue weighted by Crippen LogP contribution is 2.40. The van der Waals surface area contributed by atoms with Crippen LogP contribution in [0.4, 0.5) is 5.82 Å². The van der Waals surface area contributed by atoms with E-state index in [1.165, 1.54) is 11.1 Å². The van der Waals surface area contributed by atoms with Crippen LogP contribution >= 0.6 is 0 Å². The molecule has 2 saturated heterocycles. The van der Waals surface area contributed by atoms with E-state index in [2.05, 4.69) is 20.2 Å². The lowest BCUT2D eigenvalue weighted by Gasteiger charge is -2.53. The van der Waals surface area contributed by atoms with Crippen LogP contribution in [0.3, 0.4) is 0 Å². The zero-order valence-electron chi connectivity index (χ0n) is 17.6. The maximum Gasteiger partial charge on any atom is 0.273 e. The smallest absolute Gasteiger partial charge is 0.273 e. The number of nitrogens with one attached hydrogen (secondary N) is 1. The fraction of sp³-hybridized carbons (Fsp3) is 0.700. The van der Waals surface area contributed by atoms with Crippen molar-refractivity contribution in [2.24, 2.45) is 0 Å². The van der Waals surface area contributed by atoms with Crippen LogP contribution in [-0.4, -0.2) is 82.8 Å². The van der Waals surface area contributed by atoms with Gasteiger partial charge in [0.1, 0.15) is 17.6 Å². The van der Waals surface area contributed by atoms with Gasteiger partial charge in [-0.1, -0.05) is 6.92 Å². The lowest BCUT2D eigenvalue weighted by atomic mass is 9.73. The van der Waals surface area contributed by atoms with Gasteiger partial charge in [0.05, 0.1) is 23.5 Å². The Bertz CT molecular complexity index is 763. The third kappa shape index (κ3) is 4.20. The number of ether oxygens (including phenoxy) is 1. The third-order valence-electron chi connectivity index (χ3n) is 6.04. The molecule has 160 valence electrons. The molecule has 0 aliphatic carbocycles. The van der Waals surface area contributed by atoms with E-state index >= 15 is 0 Å². The lowest BCUT2D eigenvalue weighted by Crippen LogP contribution is -2.69. The first-order valence-corrected chi connectivity index (χ1v) is 10.1. The van der Waals surface area contributed by atoms with E-state index in [0.29, 0.717) is 56.9 Å². The molecule has 2 aliphatic heterocycles. The molecular weight excluding hydrogens is 374 g/mol. The molecule has 0 bridgehead atoms. The number of aliphatic hydroxyl groups excluding tert-OH is 1. The lowest BCUT2D eigenvalue weighted by molar-refractivity contribution is -0.198. The van der Waals surface area contributed by atoms with Crippen molar-refractivity contribution in [3.63, 3.8) is 0 Å². The molecule has 3 rings (SSSR count). The summed E-state index contributed by atoms with van der Waals surface area (Å²) in [4.78, 5) is 36.3. The second-order valence-electron chi connectivity index (χ2n) is 8.33. The largest absolute Gasteiger partial charge is 0.388 e. The highest BCUT2D eigenvalue weighted by molar-refractivity contribution is 5.91. The minimum Gasteiger partial charge on any atom is -0.388 e. The number of amides is 2. The Labute approximate surface area is 171 Å². The van der Waals surface area contributed by atoms with Crippen LogP contribution in [0.1, 0.15) is 50.0 Å². The summed E-state index contributed by atoms with van der Waals surface area (Å²) in [6, 6.07) is 0. The van der Waals surface area contributed by atoms with Gasteiger partial charge in [0.25, 0.3) is 5.91 Å². The SMILES string of the molecule is CCC(=O)N[C@@]1(C)CCOC2(CCN(c3cncc(C(=O)N(C)C)n3)CC2)[C@@H]1O. The van der Waals surface area contributed by atoms with Crippen molar-refractivity contribution in [3.8, 4) is 0 Å². The van der Waals surface area contributed by atoms with Crippen molar-refractivity contribution in [1.82, 2.24) is 20.2 Å². The second kappa shape index (κ2) is 8.23. The predicted octanol–water partition coefficient (Wildman–Crippen LogP) is 0.584. The molecule has 2 fully saturated rings. The van der Waals surface area contributed by atoms with Gasteiger partial charge in [-0.25, -0.2) is 4.98 Å². The molecule has 0 aromatic carbocycles. The molecule has 1 spiro atoms. The van der Waals surface area contributed by atoms with Gasteiger partial charge in [-0.15, -0.1) is 0 Å². The molecule has 1 aromatic heterocycles. The average molecular weight is 405 g/mol. The van der Waals surface area contributed by atoms with Crippen molar-refractivity contribution in [2.75, 3.05) is 38.7 Å². The Morgan fingerprint density at radius 3 is 2.62 bits per heavy atom. The van der Waals surface area contributed by atoms with E-state index in [9.17, 15) is 14.7 Å². The van der Waals surface area contributed by atoms with Crippen molar-refractivity contribution in [3.05, 3.63) is 18.1 Å². The number of hydrogen-bond acceptors (Lipinski definition) is 7. The Morgan fingerprint density at radius 2 is 2.00 bits per heavy atom. The summed E-state index contributed by atoms with van der Waals surface area (Å²) >= 11 is 0. The number of rotatable bonds is 4. The van der Waals surface area contributed by atoms with Gasteiger partial charge in [-0.05, 0) is 26.2 Å². The summed E-state index contributed by atoms with van der Waals surface area (Å²) in [6.45, 7) is 5.41. The third-order valence-corrected chi connectivity index (χ3v) is 6.04. The Hall–Kier alpha value is -2.26. The number of aliphatic hydroxyl groups is 1. The summed E-state index contributed by atoms with van der Waals surface area (Å²) in [7, 11) is 3.36. The van der Waals surface area contributed by atoms with E-state index in [1.54, 1.807) is 27.2 Å². The molecule has 2 atom stereocenters. The van der Waals surface area contributed by atoms with Crippen LogP contribution in [0.2, 0.25) is 0 Å². The first-order chi connectivity index (χ1) is 13.7. The quantitative estimate of drug-likeness (QED) is 0.754. The van der Waals surface area contributed by atoms with E-state index in [4.69, 9.17) is 4.74 Å². The Balaban J connectivity index is 1.72. The minimum atomic E-state index is -0.797. The number of aromatic nitrogens is 2. The monoisotopic (exact) mass is 405 g/mol. The molecule has 0 radical (unpaired) electrons. The summed E-state index contributed by atoms with van der Waals surface area (Å²) in [6.07, 6.45) is 4.46. The van der Waals surface area contributed by atoms with E-state index in [-0.39, 0.29) is 11.8 Å². The molecule has 3 heterocycles. The number of anilines is 1. The number of nitrogens with zero attached hydrogens (tertiary/aromatic N) is 4. The fourth-order valence-electron chi connectivity index (χ4n) is 4.17. The average Bonchev–Trinajstić information content (AvgIpc) is 2.72. The maximum absolute atomic E-state index is 12.2. The summed E-state index contributed by atoms with van der Waals surface area (Å²) < 4.78 is 6.08. The summed E-state index contributed by atoms with van der Waals surface area (Å²) in [5, 5.41) is 14.1. The first-order valence-electron chi connectivity index (χ1n) is 10.1. The summed E-state index contributed by atoms with van der Waals surface area (Å²) in [5.41, 5.74) is -1.10. The van der Waals surface area contributed by atoms with Crippen molar-refractivity contribution in [1.29, 1.82) is 0 Å². The standard InChI is InChI=1S/C20H31N5O4/c1-5-16(26)23-19(2)8-11-29-20(18(19)28)6-9-25(10-7-20)15-13-21-12-14(22-15)17(27)24(3)4/h12-13,18,28H,5-11H2,1-4H3,(H,23,26)/t18-,19+/m1/s1. The van der Waals surface area contributed by atoms with Crippen LogP contribution in [-0.2, 0) is 9.53 Å². The first kappa shape index (κ1) is 21.4. The minimum absolute atomic E-state index is 0.0707. The van der Waals surface area contributed by atoms with Gasteiger partial charge in [-0.3, -0.25) is 14.6 Å². The van der Waals surface area contributed by atoms with Crippen LogP contribution in [0, 0.1) is 0 Å². The molecule has 2 N–H and O–H groups in total. The van der Waals surface area contributed by atoms with Gasteiger partial charge in [0.2, 0.25) is 5.91 Å². The molecule has 2 aliphatic rings. The number of carbonyl (C=O) groups excluding carboxylic acids is 2. The van der Waals surface area contributed by atoms with E-state index in [0.717, 1.165) is 0 Å². The highest BCUT2D eigenvalue weighted by atomic mass is 16.5. The number of carbonyl (C=O) groups is 2. The molecule has 1 aromatic rings. The predicted molar refractivity (Wildman–Crippen MR) is 108 cm³/mol. The van der Waals surface area contributed by atoms with Crippen LogP contribution in [0.15, 0.2) is 12.4 Å². The molecule has 2 amide bonds. The maximum atomic E-state index is 12.2.